The number of aliphatic hydroxyl groups is 1. The fraction of sp³-hybridized carbons (Fsp3) is 0.548. The minimum atomic E-state index is -1.11. The molecule has 2 aliphatic rings. The van der Waals surface area contributed by atoms with Gasteiger partial charge in [-0.05, 0) is 66.2 Å². The summed E-state index contributed by atoms with van der Waals surface area (Å²) >= 11 is 3.57. The Kier molecular flexibility index (Phi) is 15.3. The molecule has 14 heteroatoms. The number of carbonyl (C=O) groups excluding carboxylic acids is 3. The van der Waals surface area contributed by atoms with Gasteiger partial charge in [-0.25, -0.2) is 9.69 Å². The van der Waals surface area contributed by atoms with E-state index in [0.29, 0.717) is 23.1 Å². The Labute approximate surface area is 337 Å². The van der Waals surface area contributed by atoms with Gasteiger partial charge in [-0.3, -0.25) is 9.59 Å². The van der Waals surface area contributed by atoms with Crippen molar-refractivity contribution in [1.82, 2.24) is 4.90 Å². The summed E-state index contributed by atoms with van der Waals surface area (Å²) in [7, 11) is 1.51. The molecule has 0 aliphatic carbocycles. The van der Waals surface area contributed by atoms with E-state index in [1.165, 1.54) is 14.0 Å². The molecule has 8 atom stereocenters. The molecule has 306 valence electrons. The van der Waals surface area contributed by atoms with Crippen molar-refractivity contribution in [3.05, 3.63) is 93.9 Å². The summed E-state index contributed by atoms with van der Waals surface area (Å²) in [5.74, 6) is -1.40. The Morgan fingerprint density at radius 3 is 2.09 bits per heavy atom. The largest absolute Gasteiger partial charge is 0.461 e. The highest BCUT2D eigenvalue weighted by Crippen LogP contribution is 2.39. The Bertz CT molecular complexity index is 1730. The SMILES string of the molecule is COC1OC(CO)C(OCc2ccccc2)C(OCc2ccccc2)C1OCCCc1oc(C(OC(C)=O)C(C)C(=O)N2C(=O)OC(C)(C)C2C(C)C)cc1Br. The number of nitrogens with zero attached hydrogens (tertiary/aromatic N) is 1. The minimum Gasteiger partial charge on any atom is -0.461 e. The summed E-state index contributed by atoms with van der Waals surface area (Å²) in [6.07, 6.45) is -4.62. The van der Waals surface area contributed by atoms with E-state index in [2.05, 4.69) is 15.9 Å². The van der Waals surface area contributed by atoms with Crippen LogP contribution in [0.4, 0.5) is 4.79 Å². The number of carbonyl (C=O) groups is 3. The molecule has 1 aromatic heterocycles. The number of hydrogen-bond donors (Lipinski definition) is 1. The molecule has 3 heterocycles. The third-order valence-corrected chi connectivity index (χ3v) is 10.7. The first-order valence-electron chi connectivity index (χ1n) is 19.0. The number of benzene rings is 2. The Morgan fingerprint density at radius 2 is 1.54 bits per heavy atom. The summed E-state index contributed by atoms with van der Waals surface area (Å²) < 4.78 is 49.3. The van der Waals surface area contributed by atoms with E-state index in [0.717, 1.165) is 16.0 Å². The molecule has 2 saturated heterocycles. The third kappa shape index (κ3) is 10.5. The number of ether oxygens (including phenoxy) is 7. The fourth-order valence-corrected chi connectivity index (χ4v) is 8.03. The maximum Gasteiger partial charge on any atom is 0.417 e. The molecule has 0 bridgehead atoms. The summed E-state index contributed by atoms with van der Waals surface area (Å²) in [6, 6.07) is 20.6. The second-order valence-corrected chi connectivity index (χ2v) is 15.9. The van der Waals surface area contributed by atoms with Crippen molar-refractivity contribution in [3.8, 4) is 0 Å². The van der Waals surface area contributed by atoms with Crippen LogP contribution < -0.4 is 0 Å². The molecular weight excluding hydrogens is 790 g/mol. The van der Waals surface area contributed by atoms with Crippen LogP contribution in [0.25, 0.3) is 0 Å². The molecule has 8 unspecified atom stereocenters. The van der Waals surface area contributed by atoms with E-state index < -0.39 is 72.3 Å². The normalized spacial score (nSPS) is 24.5. The summed E-state index contributed by atoms with van der Waals surface area (Å²) in [5.41, 5.74) is 1.02. The van der Waals surface area contributed by atoms with E-state index in [1.807, 2.05) is 74.5 Å². The quantitative estimate of drug-likeness (QED) is 0.105. The smallest absolute Gasteiger partial charge is 0.417 e. The molecule has 1 N–H and O–H groups in total. The van der Waals surface area contributed by atoms with Gasteiger partial charge in [0, 0.05) is 27.1 Å². The Hall–Kier alpha value is -3.63. The molecule has 0 saturated carbocycles. The average Bonchev–Trinajstić information content (AvgIpc) is 3.67. The molecule has 2 fully saturated rings. The van der Waals surface area contributed by atoms with Crippen LogP contribution in [0.15, 0.2) is 75.6 Å². The number of aliphatic hydroxyl groups excluding tert-OH is 1. The predicted octanol–water partition coefficient (Wildman–Crippen LogP) is 6.92. The van der Waals surface area contributed by atoms with Gasteiger partial charge >= 0.3 is 12.1 Å². The minimum absolute atomic E-state index is 0.0831. The number of amides is 2. The zero-order valence-corrected chi connectivity index (χ0v) is 34.6. The number of methoxy groups -OCH3 is 1. The van der Waals surface area contributed by atoms with Crippen molar-refractivity contribution in [1.29, 1.82) is 0 Å². The van der Waals surface area contributed by atoms with E-state index >= 15 is 0 Å². The monoisotopic (exact) mass is 843 g/mol. The van der Waals surface area contributed by atoms with Gasteiger partial charge in [0.2, 0.25) is 5.91 Å². The van der Waals surface area contributed by atoms with Gasteiger partial charge in [-0.1, -0.05) is 74.5 Å². The maximum absolute atomic E-state index is 13.9. The first kappa shape index (κ1) is 43.5. The standard InChI is InChI=1S/C42H54BrNO12/c1-25(2)38-42(5,6)56-41(48)44(38)39(47)26(3)34(53-27(4)46)32-21-30(43)31(54-32)19-14-20-50-37-36(52-24-29-17-12-9-13-18-29)35(33(22-45)55-40(37)49-7)51-23-28-15-10-8-11-16-28/h8-13,15-18,21,25-26,33-38,40,45H,14,19-20,22-24H2,1-7H3. The molecule has 5 rings (SSSR count). The van der Waals surface area contributed by atoms with Gasteiger partial charge in [0.15, 0.2) is 12.4 Å². The van der Waals surface area contributed by atoms with Crippen LogP contribution in [0.3, 0.4) is 0 Å². The zero-order chi connectivity index (χ0) is 40.6. The van der Waals surface area contributed by atoms with Crippen molar-refractivity contribution in [2.45, 2.75) is 116 Å². The highest BCUT2D eigenvalue weighted by atomic mass is 79.9. The molecule has 2 aliphatic heterocycles. The van der Waals surface area contributed by atoms with Gasteiger partial charge < -0.3 is 42.7 Å². The van der Waals surface area contributed by atoms with Crippen LogP contribution in [0, 0.1) is 11.8 Å². The van der Waals surface area contributed by atoms with Crippen LogP contribution in [-0.2, 0) is 62.4 Å². The molecule has 13 nitrogen and oxygen atoms in total. The van der Waals surface area contributed by atoms with Crippen LogP contribution in [0.5, 0.6) is 0 Å². The van der Waals surface area contributed by atoms with E-state index in [1.54, 1.807) is 26.8 Å². The van der Waals surface area contributed by atoms with Crippen molar-refractivity contribution in [3.63, 3.8) is 0 Å². The van der Waals surface area contributed by atoms with Gasteiger partial charge in [-0.2, -0.15) is 0 Å². The lowest BCUT2D eigenvalue weighted by atomic mass is 9.88. The molecule has 2 amide bonds. The Balaban J connectivity index is 1.29. The van der Waals surface area contributed by atoms with Crippen molar-refractivity contribution < 1.29 is 57.1 Å². The number of imide groups is 1. The second-order valence-electron chi connectivity index (χ2n) is 15.0. The second kappa shape index (κ2) is 19.7. The first-order chi connectivity index (χ1) is 26.7. The molecule has 0 spiro atoms. The van der Waals surface area contributed by atoms with E-state index in [9.17, 15) is 19.5 Å². The van der Waals surface area contributed by atoms with Gasteiger partial charge in [0.05, 0.1) is 36.3 Å². The highest BCUT2D eigenvalue weighted by molar-refractivity contribution is 9.10. The molecule has 2 aromatic carbocycles. The molecular formula is C42H54BrNO12. The number of aryl methyl sites for hydroxylation is 1. The summed E-state index contributed by atoms with van der Waals surface area (Å²) in [5, 5.41) is 10.4. The third-order valence-electron chi connectivity index (χ3n) is 10.0. The van der Waals surface area contributed by atoms with Crippen LogP contribution in [-0.4, -0.2) is 90.6 Å². The molecule has 3 aromatic rings. The molecule has 56 heavy (non-hydrogen) atoms. The number of halogens is 1. The highest BCUT2D eigenvalue weighted by Gasteiger charge is 2.54. The number of cyclic esters (lactones) is 1. The van der Waals surface area contributed by atoms with Crippen LogP contribution >= 0.6 is 15.9 Å². The first-order valence-corrected chi connectivity index (χ1v) is 19.8. The molecule has 0 radical (unpaired) electrons. The van der Waals surface area contributed by atoms with Crippen LogP contribution in [0.1, 0.15) is 76.7 Å². The van der Waals surface area contributed by atoms with Crippen molar-refractivity contribution >= 4 is 33.9 Å². The van der Waals surface area contributed by atoms with E-state index in [4.69, 9.17) is 37.6 Å². The van der Waals surface area contributed by atoms with Crippen LogP contribution in [0.2, 0.25) is 0 Å². The van der Waals surface area contributed by atoms with Gasteiger partial charge in [0.25, 0.3) is 0 Å². The average molecular weight is 845 g/mol. The zero-order valence-electron chi connectivity index (χ0n) is 33.1. The topological polar surface area (TPSA) is 152 Å². The van der Waals surface area contributed by atoms with Crippen molar-refractivity contribution in [2.24, 2.45) is 11.8 Å². The maximum atomic E-state index is 13.9. The van der Waals surface area contributed by atoms with E-state index in [-0.39, 0.29) is 38.1 Å². The lowest BCUT2D eigenvalue weighted by Gasteiger charge is -2.45. The lowest BCUT2D eigenvalue weighted by molar-refractivity contribution is -0.319. The number of esters is 1. The van der Waals surface area contributed by atoms with Gasteiger partial charge in [0.1, 0.15) is 41.5 Å². The lowest BCUT2D eigenvalue weighted by Crippen LogP contribution is -2.61. The summed E-state index contributed by atoms with van der Waals surface area (Å²) in [6.45, 7) is 10.7. The number of furan rings is 1. The fourth-order valence-electron chi connectivity index (χ4n) is 7.53. The van der Waals surface area contributed by atoms with Gasteiger partial charge in [-0.15, -0.1) is 0 Å². The Morgan fingerprint density at radius 1 is 0.929 bits per heavy atom. The summed E-state index contributed by atoms with van der Waals surface area (Å²) in [4.78, 5) is 40.3. The number of hydrogen-bond acceptors (Lipinski definition) is 12. The predicted molar refractivity (Wildman–Crippen MR) is 207 cm³/mol. The van der Waals surface area contributed by atoms with Crippen molar-refractivity contribution in [2.75, 3.05) is 20.3 Å². The number of rotatable bonds is 18.